The van der Waals surface area contributed by atoms with Crippen LogP contribution >= 0.6 is 0 Å². The third-order valence-electron chi connectivity index (χ3n) is 6.62. The van der Waals surface area contributed by atoms with E-state index in [1.807, 2.05) is 25.1 Å². The van der Waals surface area contributed by atoms with Gasteiger partial charge in [0.15, 0.2) is 0 Å². The van der Waals surface area contributed by atoms with E-state index in [-0.39, 0.29) is 30.2 Å². The Kier molecular flexibility index (Phi) is 12.5. The van der Waals surface area contributed by atoms with Crippen molar-refractivity contribution in [2.24, 2.45) is 17.8 Å². The van der Waals surface area contributed by atoms with Crippen LogP contribution in [0, 0.1) is 17.8 Å². The highest BCUT2D eigenvalue weighted by atomic mass is 16.7. The summed E-state index contributed by atoms with van der Waals surface area (Å²) in [5.41, 5.74) is 1.28. The van der Waals surface area contributed by atoms with Crippen LogP contribution in [0.2, 0.25) is 0 Å². The van der Waals surface area contributed by atoms with Crippen LogP contribution in [-0.4, -0.2) is 61.5 Å². The van der Waals surface area contributed by atoms with E-state index in [2.05, 4.69) is 17.4 Å². The summed E-state index contributed by atoms with van der Waals surface area (Å²) in [7, 11) is 1.58. The lowest BCUT2D eigenvalue weighted by molar-refractivity contribution is -0.160. The predicted octanol–water partition coefficient (Wildman–Crippen LogP) is 3.05. The van der Waals surface area contributed by atoms with Gasteiger partial charge in [0.25, 0.3) is 0 Å². The van der Waals surface area contributed by atoms with Gasteiger partial charge < -0.3 is 19.3 Å². The zero-order valence-electron chi connectivity index (χ0n) is 21.4. The van der Waals surface area contributed by atoms with Gasteiger partial charge in [0.2, 0.25) is 6.41 Å². The minimum Gasteiger partial charge on any atom is -0.462 e. The molecule has 0 aliphatic carbocycles. The van der Waals surface area contributed by atoms with Crippen molar-refractivity contribution in [3.8, 4) is 0 Å². The summed E-state index contributed by atoms with van der Waals surface area (Å²) in [6.07, 6.45) is 2.55. The molecule has 196 valence electrons. The van der Waals surface area contributed by atoms with Crippen LogP contribution in [0.4, 0.5) is 0 Å². The van der Waals surface area contributed by atoms with E-state index < -0.39 is 30.3 Å². The smallest absolute Gasteiger partial charge is 0.316 e. The van der Waals surface area contributed by atoms with E-state index in [1.54, 1.807) is 14.0 Å². The molecular formula is C27H41NO7. The topological polar surface area (TPSA) is 111 Å². The average Bonchev–Trinajstić information content (AvgIpc) is 3.28. The van der Waals surface area contributed by atoms with Gasteiger partial charge >= 0.3 is 5.97 Å². The quantitative estimate of drug-likeness (QED) is 0.206. The Morgan fingerprint density at radius 1 is 1.09 bits per heavy atom. The number of aliphatic hydroxyl groups is 1. The first-order valence-corrected chi connectivity index (χ1v) is 12.6. The van der Waals surface area contributed by atoms with Gasteiger partial charge in [-0.1, -0.05) is 44.2 Å². The van der Waals surface area contributed by atoms with Gasteiger partial charge in [-0.15, -0.1) is 0 Å². The average molecular weight is 492 g/mol. The van der Waals surface area contributed by atoms with Crippen molar-refractivity contribution < 1.29 is 33.7 Å². The number of aliphatic hydroxyl groups excluding tert-OH is 1. The lowest BCUT2D eigenvalue weighted by Gasteiger charge is -2.23. The van der Waals surface area contributed by atoms with Crippen molar-refractivity contribution >= 4 is 17.5 Å². The van der Waals surface area contributed by atoms with Crippen LogP contribution in [0.5, 0.6) is 0 Å². The van der Waals surface area contributed by atoms with Crippen molar-refractivity contribution in [2.75, 3.05) is 20.3 Å². The van der Waals surface area contributed by atoms with Crippen LogP contribution in [-0.2, 0) is 35.0 Å². The molecule has 1 aromatic carbocycles. The molecule has 4 unspecified atom stereocenters. The number of hydrogen-bond donors (Lipinski definition) is 2. The Balaban J connectivity index is 1.70. The fourth-order valence-corrected chi connectivity index (χ4v) is 4.30. The largest absolute Gasteiger partial charge is 0.462 e. The highest BCUT2D eigenvalue weighted by Gasteiger charge is 2.31. The SMILES string of the molecule is COC(C[C@@H](C)C(=O)CCCCc1ccccc1)C[C@@H](C)C(=O)C(C)C(=O)OCC1CNC(O)O1. The number of carbonyl (C=O) groups excluding carboxylic acids is 3. The number of esters is 1. The minimum atomic E-state index is -1.06. The number of hydrogen-bond acceptors (Lipinski definition) is 8. The molecule has 0 saturated carbocycles. The van der Waals surface area contributed by atoms with E-state index in [9.17, 15) is 19.5 Å². The number of nitrogens with one attached hydrogen (secondary N) is 1. The van der Waals surface area contributed by atoms with Crippen molar-refractivity contribution in [3.05, 3.63) is 35.9 Å². The zero-order valence-corrected chi connectivity index (χ0v) is 21.4. The summed E-state index contributed by atoms with van der Waals surface area (Å²) < 4.78 is 15.9. The van der Waals surface area contributed by atoms with E-state index in [0.29, 0.717) is 25.8 Å². The monoisotopic (exact) mass is 491 g/mol. The summed E-state index contributed by atoms with van der Waals surface area (Å²) in [5.74, 6) is -2.10. The number of unbranched alkanes of at least 4 members (excludes halogenated alkanes) is 1. The van der Waals surface area contributed by atoms with E-state index >= 15 is 0 Å². The molecule has 2 N–H and O–H groups in total. The minimum absolute atomic E-state index is 0.0272. The normalized spacial score (nSPS) is 21.2. The van der Waals surface area contributed by atoms with Crippen molar-refractivity contribution in [3.63, 3.8) is 0 Å². The second-order valence-corrected chi connectivity index (χ2v) is 9.56. The number of aryl methyl sites for hydroxylation is 1. The molecule has 0 bridgehead atoms. The molecule has 1 fully saturated rings. The molecular weight excluding hydrogens is 450 g/mol. The highest BCUT2D eigenvalue weighted by molar-refractivity contribution is 5.99. The van der Waals surface area contributed by atoms with Crippen LogP contribution in [0.1, 0.15) is 58.4 Å². The molecule has 8 heteroatoms. The fraction of sp³-hybridized carbons (Fsp3) is 0.667. The Hall–Kier alpha value is -2.13. The summed E-state index contributed by atoms with van der Waals surface area (Å²) in [4.78, 5) is 37.7. The third kappa shape index (κ3) is 10.2. The van der Waals surface area contributed by atoms with Crippen molar-refractivity contribution in [1.29, 1.82) is 0 Å². The second-order valence-electron chi connectivity index (χ2n) is 9.56. The maximum atomic E-state index is 12.8. The molecule has 1 aliphatic heterocycles. The summed E-state index contributed by atoms with van der Waals surface area (Å²) in [6.45, 7) is 5.56. The maximum absolute atomic E-state index is 12.8. The lowest BCUT2D eigenvalue weighted by atomic mass is 9.87. The molecule has 1 heterocycles. The molecule has 0 aromatic heterocycles. The lowest BCUT2D eigenvalue weighted by Crippen LogP contribution is -2.33. The standard InChI is InChI=1S/C27H41NO7/c1-18(24(29)13-9-8-12-21-10-6-5-7-11-21)14-22(33-4)15-19(2)25(30)20(3)26(31)34-17-23-16-28-27(32)35-23/h5-7,10-11,18-20,22-23,27-28,32H,8-9,12-17H2,1-4H3/t18-,19-,20?,22?,23?,27?/m1/s1. The first-order valence-electron chi connectivity index (χ1n) is 12.6. The summed E-state index contributed by atoms with van der Waals surface area (Å²) in [6, 6.07) is 10.3. The van der Waals surface area contributed by atoms with Crippen LogP contribution in [0.25, 0.3) is 0 Å². The molecule has 35 heavy (non-hydrogen) atoms. The van der Waals surface area contributed by atoms with Crippen LogP contribution in [0.3, 0.4) is 0 Å². The molecule has 6 atom stereocenters. The number of ether oxygens (including phenoxy) is 3. The number of methoxy groups -OCH3 is 1. The summed E-state index contributed by atoms with van der Waals surface area (Å²) >= 11 is 0. The molecule has 8 nitrogen and oxygen atoms in total. The number of Topliss-reactive ketones (excluding diaryl/α,β-unsaturated/α-hetero) is 2. The van der Waals surface area contributed by atoms with E-state index in [4.69, 9.17) is 14.2 Å². The number of benzene rings is 1. The first kappa shape index (κ1) is 29.1. The molecule has 0 radical (unpaired) electrons. The van der Waals surface area contributed by atoms with Gasteiger partial charge in [0.1, 0.15) is 30.2 Å². The third-order valence-corrected chi connectivity index (χ3v) is 6.62. The molecule has 1 saturated heterocycles. The van der Waals surface area contributed by atoms with Gasteiger partial charge in [-0.2, -0.15) is 0 Å². The van der Waals surface area contributed by atoms with Gasteiger partial charge in [0, 0.05) is 31.9 Å². The van der Waals surface area contributed by atoms with Crippen LogP contribution in [0.15, 0.2) is 30.3 Å². The molecule has 1 aliphatic rings. The Labute approximate surface area is 208 Å². The maximum Gasteiger partial charge on any atom is 0.316 e. The van der Waals surface area contributed by atoms with Crippen molar-refractivity contribution in [2.45, 2.75) is 77.9 Å². The Bertz CT molecular complexity index is 800. The van der Waals surface area contributed by atoms with E-state index in [1.165, 1.54) is 12.5 Å². The van der Waals surface area contributed by atoms with Crippen molar-refractivity contribution in [1.82, 2.24) is 5.32 Å². The number of ketones is 2. The fourth-order valence-electron chi connectivity index (χ4n) is 4.30. The molecule has 1 aromatic rings. The van der Waals surface area contributed by atoms with Gasteiger partial charge in [-0.3, -0.25) is 19.7 Å². The number of rotatable bonds is 16. The van der Waals surface area contributed by atoms with E-state index in [0.717, 1.165) is 19.3 Å². The van der Waals surface area contributed by atoms with Gasteiger partial charge in [-0.25, -0.2) is 0 Å². The Morgan fingerprint density at radius 2 is 1.77 bits per heavy atom. The highest BCUT2D eigenvalue weighted by Crippen LogP contribution is 2.22. The molecule has 0 amide bonds. The second kappa shape index (κ2) is 15.1. The first-order chi connectivity index (χ1) is 16.7. The molecule has 2 rings (SSSR count). The van der Waals surface area contributed by atoms with Gasteiger partial charge in [-0.05, 0) is 44.6 Å². The Morgan fingerprint density at radius 3 is 2.40 bits per heavy atom. The number of carbonyl (C=O) groups is 3. The zero-order chi connectivity index (χ0) is 25.8. The summed E-state index contributed by atoms with van der Waals surface area (Å²) in [5, 5.41) is 11.9. The molecule has 0 spiro atoms. The predicted molar refractivity (Wildman–Crippen MR) is 131 cm³/mol. The van der Waals surface area contributed by atoms with Gasteiger partial charge in [0.05, 0.1) is 6.10 Å². The van der Waals surface area contributed by atoms with Crippen LogP contribution < -0.4 is 5.32 Å².